The van der Waals surface area contributed by atoms with Gasteiger partial charge in [0, 0.05) is 30.4 Å². The van der Waals surface area contributed by atoms with E-state index in [0.717, 1.165) is 17.8 Å². The van der Waals surface area contributed by atoms with Crippen LogP contribution in [0, 0.1) is 5.82 Å². The first kappa shape index (κ1) is 21.2. The summed E-state index contributed by atoms with van der Waals surface area (Å²) in [5.41, 5.74) is 1.11. The zero-order chi connectivity index (χ0) is 21.8. The van der Waals surface area contributed by atoms with Crippen LogP contribution in [0.3, 0.4) is 0 Å². The average Bonchev–Trinajstić information content (AvgIpc) is 3.28. The van der Waals surface area contributed by atoms with Gasteiger partial charge in [-0.2, -0.15) is 0 Å². The molecule has 2 N–H and O–H groups in total. The van der Waals surface area contributed by atoms with E-state index in [1.165, 1.54) is 29.5 Å². The van der Waals surface area contributed by atoms with E-state index in [0.29, 0.717) is 24.5 Å². The van der Waals surface area contributed by atoms with Crippen LogP contribution in [0.1, 0.15) is 33.6 Å². The van der Waals surface area contributed by atoms with Gasteiger partial charge < -0.3 is 15.5 Å². The minimum absolute atomic E-state index is 0.00733. The second-order valence-electron chi connectivity index (χ2n) is 7.11. The standard InChI is InChI=1S/C21H19ClFN5O2S/c22-16-11-15(8-9-17(16)23)25-21(30)28-10-4-5-13(12-28)19-26-27-20(31-19)18(29)24-14-6-2-1-3-7-14/h1-3,6-9,11,13H,4-5,10,12H2,(H,24,29)(H,25,30). The number of carbonyl (C=O) groups excluding carboxylic acids is 2. The number of aromatic nitrogens is 2. The molecule has 10 heteroatoms. The third-order valence-electron chi connectivity index (χ3n) is 4.90. The summed E-state index contributed by atoms with van der Waals surface area (Å²) in [4.78, 5) is 26.7. The zero-order valence-corrected chi connectivity index (χ0v) is 17.9. The fourth-order valence-corrected chi connectivity index (χ4v) is 4.38. The lowest BCUT2D eigenvalue weighted by Crippen LogP contribution is -2.41. The van der Waals surface area contributed by atoms with Gasteiger partial charge in [0.05, 0.1) is 5.02 Å². The molecule has 4 rings (SSSR count). The Balaban J connectivity index is 1.38. The van der Waals surface area contributed by atoms with Crippen molar-refractivity contribution in [3.05, 3.63) is 69.4 Å². The number of carbonyl (C=O) groups is 2. The number of likely N-dealkylation sites (tertiary alicyclic amines) is 1. The largest absolute Gasteiger partial charge is 0.324 e. The molecule has 1 aliphatic rings. The Kier molecular flexibility index (Phi) is 6.43. The summed E-state index contributed by atoms with van der Waals surface area (Å²) in [5, 5.41) is 14.7. The number of nitrogens with one attached hydrogen (secondary N) is 2. The van der Waals surface area contributed by atoms with Crippen LogP contribution < -0.4 is 10.6 Å². The van der Waals surface area contributed by atoms with E-state index in [-0.39, 0.29) is 27.9 Å². The van der Waals surface area contributed by atoms with Crippen LogP contribution in [0.2, 0.25) is 5.02 Å². The Morgan fingerprint density at radius 1 is 1.10 bits per heavy atom. The molecule has 2 heterocycles. The molecule has 0 spiro atoms. The second-order valence-corrected chi connectivity index (χ2v) is 8.53. The van der Waals surface area contributed by atoms with E-state index in [2.05, 4.69) is 20.8 Å². The predicted molar refractivity (Wildman–Crippen MR) is 118 cm³/mol. The van der Waals surface area contributed by atoms with Crippen LogP contribution in [-0.4, -0.2) is 40.1 Å². The lowest BCUT2D eigenvalue weighted by atomic mass is 9.99. The molecular weight excluding hydrogens is 441 g/mol. The minimum atomic E-state index is -0.541. The number of para-hydroxylation sites is 1. The fourth-order valence-electron chi connectivity index (χ4n) is 3.34. The maximum Gasteiger partial charge on any atom is 0.321 e. The number of hydrogen-bond acceptors (Lipinski definition) is 5. The highest BCUT2D eigenvalue weighted by Gasteiger charge is 2.28. The van der Waals surface area contributed by atoms with Crippen molar-refractivity contribution in [2.45, 2.75) is 18.8 Å². The van der Waals surface area contributed by atoms with Gasteiger partial charge in [0.2, 0.25) is 5.01 Å². The maximum absolute atomic E-state index is 13.3. The molecule has 1 saturated heterocycles. The van der Waals surface area contributed by atoms with Crippen molar-refractivity contribution < 1.29 is 14.0 Å². The monoisotopic (exact) mass is 459 g/mol. The summed E-state index contributed by atoms with van der Waals surface area (Å²) in [7, 11) is 0. The summed E-state index contributed by atoms with van der Waals surface area (Å²) in [6.07, 6.45) is 1.65. The molecule has 7 nitrogen and oxygen atoms in total. The average molecular weight is 460 g/mol. The number of hydrogen-bond donors (Lipinski definition) is 2. The van der Waals surface area contributed by atoms with E-state index in [1.54, 1.807) is 17.0 Å². The first-order valence-corrected chi connectivity index (χ1v) is 10.9. The summed E-state index contributed by atoms with van der Waals surface area (Å²) in [6, 6.07) is 12.9. The molecule has 1 aliphatic heterocycles. The Morgan fingerprint density at radius 3 is 2.68 bits per heavy atom. The summed E-state index contributed by atoms with van der Waals surface area (Å²) in [6.45, 7) is 1.05. The summed E-state index contributed by atoms with van der Waals surface area (Å²) in [5.74, 6) is -0.860. The maximum atomic E-state index is 13.3. The molecule has 0 bridgehead atoms. The van der Waals surface area contributed by atoms with Gasteiger partial charge in [-0.3, -0.25) is 4.79 Å². The molecular formula is C21H19ClFN5O2S. The number of halogens is 2. The van der Waals surface area contributed by atoms with Crippen molar-refractivity contribution in [3.63, 3.8) is 0 Å². The summed E-state index contributed by atoms with van der Waals surface area (Å²) < 4.78 is 13.3. The van der Waals surface area contributed by atoms with Crippen LogP contribution in [0.25, 0.3) is 0 Å². The van der Waals surface area contributed by atoms with E-state index in [1.807, 2.05) is 18.2 Å². The Hall–Kier alpha value is -3.04. The molecule has 3 aromatic rings. The molecule has 1 aromatic heterocycles. The first-order chi connectivity index (χ1) is 15.0. The summed E-state index contributed by atoms with van der Waals surface area (Å²) >= 11 is 7.02. The molecule has 0 saturated carbocycles. The molecule has 1 unspecified atom stereocenters. The molecule has 0 radical (unpaired) electrons. The SMILES string of the molecule is O=C(Nc1ccccc1)c1nnc(C2CCCN(C(=O)Nc3ccc(F)c(Cl)c3)C2)s1. The lowest BCUT2D eigenvalue weighted by Gasteiger charge is -2.31. The van der Waals surface area contributed by atoms with E-state index < -0.39 is 5.82 Å². The van der Waals surface area contributed by atoms with E-state index in [4.69, 9.17) is 11.6 Å². The predicted octanol–water partition coefficient (Wildman–Crippen LogP) is 4.99. The van der Waals surface area contributed by atoms with Crippen LogP contribution in [0.5, 0.6) is 0 Å². The van der Waals surface area contributed by atoms with Gasteiger partial charge in [0.15, 0.2) is 0 Å². The van der Waals surface area contributed by atoms with Gasteiger partial charge in [-0.1, -0.05) is 41.1 Å². The number of benzene rings is 2. The number of urea groups is 1. The molecule has 1 fully saturated rings. The van der Waals surface area contributed by atoms with E-state index in [9.17, 15) is 14.0 Å². The van der Waals surface area contributed by atoms with Crippen molar-refractivity contribution in [3.8, 4) is 0 Å². The first-order valence-electron chi connectivity index (χ1n) is 9.70. The van der Waals surface area contributed by atoms with Crippen LogP contribution >= 0.6 is 22.9 Å². The zero-order valence-electron chi connectivity index (χ0n) is 16.3. The van der Waals surface area contributed by atoms with Crippen molar-refractivity contribution >= 4 is 46.3 Å². The number of amides is 3. The van der Waals surface area contributed by atoms with Gasteiger partial charge in [-0.25, -0.2) is 9.18 Å². The molecule has 3 amide bonds. The van der Waals surface area contributed by atoms with Crippen LogP contribution in [0.15, 0.2) is 48.5 Å². The molecule has 31 heavy (non-hydrogen) atoms. The Morgan fingerprint density at radius 2 is 1.90 bits per heavy atom. The number of piperidine rings is 1. The van der Waals surface area contributed by atoms with Crippen molar-refractivity contribution in [1.29, 1.82) is 0 Å². The van der Waals surface area contributed by atoms with Crippen LogP contribution in [-0.2, 0) is 0 Å². The highest BCUT2D eigenvalue weighted by atomic mass is 35.5. The number of nitrogens with zero attached hydrogens (tertiary/aromatic N) is 3. The van der Waals surface area contributed by atoms with Gasteiger partial charge in [0.25, 0.3) is 5.91 Å². The topological polar surface area (TPSA) is 87.2 Å². The smallest absolute Gasteiger partial charge is 0.321 e. The van der Waals surface area contributed by atoms with Crippen molar-refractivity contribution in [1.82, 2.24) is 15.1 Å². The number of anilines is 2. The molecule has 0 aliphatic carbocycles. The van der Waals surface area contributed by atoms with Gasteiger partial charge in [-0.05, 0) is 43.2 Å². The third kappa shape index (κ3) is 5.18. The normalized spacial score (nSPS) is 16.1. The second kappa shape index (κ2) is 9.40. The van der Waals surface area contributed by atoms with Gasteiger partial charge in [0.1, 0.15) is 10.8 Å². The number of rotatable bonds is 4. The van der Waals surface area contributed by atoms with Crippen molar-refractivity contribution in [2.75, 3.05) is 23.7 Å². The fraction of sp³-hybridized carbons (Fsp3) is 0.238. The van der Waals surface area contributed by atoms with Crippen molar-refractivity contribution in [2.24, 2.45) is 0 Å². The Bertz CT molecular complexity index is 1090. The third-order valence-corrected chi connectivity index (χ3v) is 6.27. The van der Waals surface area contributed by atoms with E-state index >= 15 is 0 Å². The highest BCUT2D eigenvalue weighted by Crippen LogP contribution is 2.30. The van der Waals surface area contributed by atoms with Gasteiger partial charge in [-0.15, -0.1) is 10.2 Å². The highest BCUT2D eigenvalue weighted by molar-refractivity contribution is 7.13. The van der Waals surface area contributed by atoms with Gasteiger partial charge >= 0.3 is 6.03 Å². The minimum Gasteiger partial charge on any atom is -0.324 e. The Labute approximate surface area is 187 Å². The molecule has 160 valence electrons. The van der Waals surface area contributed by atoms with Crippen LogP contribution in [0.4, 0.5) is 20.6 Å². The lowest BCUT2D eigenvalue weighted by molar-refractivity contribution is 0.102. The molecule has 2 aromatic carbocycles. The quantitative estimate of drug-likeness (QED) is 0.575. The molecule has 1 atom stereocenters.